The van der Waals surface area contributed by atoms with Gasteiger partial charge in [0, 0.05) is 24.7 Å². The second kappa shape index (κ2) is 7.66. The van der Waals surface area contributed by atoms with Gasteiger partial charge in [-0.3, -0.25) is 4.79 Å². The first-order chi connectivity index (χ1) is 11.2. The molecule has 0 atom stereocenters. The fourth-order valence-electron chi connectivity index (χ4n) is 3.21. The molecule has 0 saturated carbocycles. The van der Waals surface area contributed by atoms with E-state index in [4.69, 9.17) is 0 Å². The molecule has 1 fully saturated rings. The van der Waals surface area contributed by atoms with Gasteiger partial charge in [0.15, 0.2) is 0 Å². The Kier molecular flexibility index (Phi) is 6.04. The van der Waals surface area contributed by atoms with E-state index in [9.17, 15) is 13.2 Å². The van der Waals surface area contributed by atoms with Crippen LogP contribution in [0, 0.1) is 11.8 Å². The van der Waals surface area contributed by atoms with Gasteiger partial charge >= 0.3 is 0 Å². The van der Waals surface area contributed by atoms with E-state index in [-0.39, 0.29) is 16.8 Å². The highest BCUT2D eigenvalue weighted by atomic mass is 32.2. The molecule has 0 unspecified atom stereocenters. The molecule has 1 heterocycles. The number of nitrogens with one attached hydrogen (secondary N) is 1. The van der Waals surface area contributed by atoms with E-state index in [1.807, 2.05) is 0 Å². The van der Waals surface area contributed by atoms with Gasteiger partial charge in [0.1, 0.15) is 0 Å². The molecule has 24 heavy (non-hydrogen) atoms. The lowest BCUT2D eigenvalue weighted by atomic mass is 9.93. The number of amides is 1. The summed E-state index contributed by atoms with van der Waals surface area (Å²) in [4.78, 5) is 12.7. The SMILES string of the molecule is CC(C)C(NC(=O)c1cccc(S(=O)(=O)N2CCCC2)c1)C(C)C. The predicted molar refractivity (Wildman–Crippen MR) is 95.4 cm³/mol. The number of carbonyl (C=O) groups excluding carboxylic acids is 1. The van der Waals surface area contributed by atoms with Crippen LogP contribution in [0.15, 0.2) is 29.2 Å². The van der Waals surface area contributed by atoms with E-state index in [1.54, 1.807) is 18.2 Å². The van der Waals surface area contributed by atoms with Crippen molar-refractivity contribution in [1.29, 1.82) is 0 Å². The Bertz CT molecular complexity index is 669. The third kappa shape index (κ3) is 4.16. The average Bonchev–Trinajstić information content (AvgIpc) is 3.07. The van der Waals surface area contributed by atoms with E-state index >= 15 is 0 Å². The van der Waals surface area contributed by atoms with Crippen LogP contribution in [0.5, 0.6) is 0 Å². The van der Waals surface area contributed by atoms with Crippen molar-refractivity contribution in [2.24, 2.45) is 11.8 Å². The summed E-state index contributed by atoms with van der Waals surface area (Å²) in [6.07, 6.45) is 1.79. The minimum Gasteiger partial charge on any atom is -0.349 e. The molecule has 1 aliphatic heterocycles. The molecule has 0 aromatic heterocycles. The molecule has 0 radical (unpaired) electrons. The van der Waals surface area contributed by atoms with Crippen LogP contribution in [0.25, 0.3) is 0 Å². The molecule has 0 bridgehead atoms. The van der Waals surface area contributed by atoms with Gasteiger partial charge in [-0.15, -0.1) is 0 Å². The number of hydrogen-bond donors (Lipinski definition) is 1. The second-order valence-electron chi connectivity index (χ2n) is 7.13. The molecule has 1 aliphatic rings. The van der Waals surface area contributed by atoms with Crippen LogP contribution in [-0.2, 0) is 10.0 Å². The molecular formula is C18H28N2O3S. The van der Waals surface area contributed by atoms with Crippen LogP contribution in [0.1, 0.15) is 50.9 Å². The van der Waals surface area contributed by atoms with Gasteiger partial charge in [-0.1, -0.05) is 33.8 Å². The quantitative estimate of drug-likeness (QED) is 0.856. The summed E-state index contributed by atoms with van der Waals surface area (Å²) in [7, 11) is -3.50. The lowest BCUT2D eigenvalue weighted by Crippen LogP contribution is -2.42. The van der Waals surface area contributed by atoms with E-state index in [1.165, 1.54) is 10.4 Å². The number of nitrogens with zero attached hydrogens (tertiary/aromatic N) is 1. The Labute approximate surface area is 145 Å². The first-order valence-corrected chi connectivity index (χ1v) is 10.1. The lowest BCUT2D eigenvalue weighted by molar-refractivity contribution is 0.0910. The smallest absolute Gasteiger partial charge is 0.251 e. The molecule has 0 spiro atoms. The molecule has 1 saturated heterocycles. The monoisotopic (exact) mass is 352 g/mol. The molecule has 6 heteroatoms. The summed E-state index contributed by atoms with van der Waals surface area (Å²) >= 11 is 0. The van der Waals surface area contributed by atoms with Crippen molar-refractivity contribution in [2.75, 3.05) is 13.1 Å². The zero-order chi connectivity index (χ0) is 17.9. The van der Waals surface area contributed by atoms with Gasteiger partial charge in [0.2, 0.25) is 10.0 Å². The Hall–Kier alpha value is -1.40. The highest BCUT2D eigenvalue weighted by Crippen LogP contribution is 2.22. The van der Waals surface area contributed by atoms with Crippen LogP contribution < -0.4 is 5.32 Å². The molecule has 134 valence electrons. The summed E-state index contributed by atoms with van der Waals surface area (Å²) in [5.74, 6) is 0.400. The molecule has 5 nitrogen and oxygen atoms in total. The Morgan fingerprint density at radius 3 is 2.21 bits per heavy atom. The van der Waals surface area contributed by atoms with Gasteiger partial charge in [0.25, 0.3) is 5.91 Å². The van der Waals surface area contributed by atoms with Crippen molar-refractivity contribution in [3.8, 4) is 0 Å². The van der Waals surface area contributed by atoms with E-state index < -0.39 is 10.0 Å². The minimum atomic E-state index is -3.50. The highest BCUT2D eigenvalue weighted by Gasteiger charge is 2.28. The third-order valence-corrected chi connectivity index (χ3v) is 6.43. The van der Waals surface area contributed by atoms with Gasteiger partial charge in [0.05, 0.1) is 4.90 Å². The molecule has 2 rings (SSSR count). The molecular weight excluding hydrogens is 324 g/mol. The van der Waals surface area contributed by atoms with Gasteiger partial charge in [-0.25, -0.2) is 8.42 Å². The number of sulfonamides is 1. The summed E-state index contributed by atoms with van der Waals surface area (Å²) in [5.41, 5.74) is 0.390. The second-order valence-corrected chi connectivity index (χ2v) is 9.06. The van der Waals surface area contributed by atoms with Gasteiger partial charge in [-0.2, -0.15) is 4.31 Å². The van der Waals surface area contributed by atoms with E-state index in [0.29, 0.717) is 30.5 Å². The largest absolute Gasteiger partial charge is 0.349 e. The fraction of sp³-hybridized carbons (Fsp3) is 0.611. The maximum absolute atomic E-state index is 12.6. The highest BCUT2D eigenvalue weighted by molar-refractivity contribution is 7.89. The van der Waals surface area contributed by atoms with Crippen LogP contribution >= 0.6 is 0 Å². The van der Waals surface area contributed by atoms with Crippen molar-refractivity contribution >= 4 is 15.9 Å². The lowest BCUT2D eigenvalue weighted by Gasteiger charge is -2.26. The molecule has 1 aromatic carbocycles. The summed E-state index contributed by atoms with van der Waals surface area (Å²) < 4.78 is 26.8. The number of rotatable bonds is 6. The molecule has 0 aliphatic carbocycles. The fourth-order valence-corrected chi connectivity index (χ4v) is 4.78. The van der Waals surface area contributed by atoms with Crippen molar-refractivity contribution in [1.82, 2.24) is 9.62 Å². The summed E-state index contributed by atoms with van der Waals surface area (Å²) in [5, 5.41) is 3.03. The van der Waals surface area contributed by atoms with Crippen molar-refractivity contribution < 1.29 is 13.2 Å². The number of carbonyl (C=O) groups is 1. The average molecular weight is 353 g/mol. The predicted octanol–water partition coefficient (Wildman–Crippen LogP) is 2.88. The van der Waals surface area contributed by atoms with Crippen LogP contribution in [-0.4, -0.2) is 37.8 Å². The minimum absolute atomic E-state index is 0.0522. The maximum atomic E-state index is 12.6. The standard InChI is InChI=1S/C18H28N2O3S/c1-13(2)17(14(3)4)19-18(21)15-8-7-9-16(12-15)24(22,23)20-10-5-6-11-20/h7-9,12-14,17H,5-6,10-11H2,1-4H3,(H,19,21). The maximum Gasteiger partial charge on any atom is 0.251 e. The molecule has 1 amide bonds. The normalized spacial score (nSPS) is 16.3. The number of benzene rings is 1. The first-order valence-electron chi connectivity index (χ1n) is 8.64. The van der Waals surface area contributed by atoms with Gasteiger partial charge < -0.3 is 5.32 Å². The van der Waals surface area contributed by atoms with Gasteiger partial charge in [-0.05, 0) is 42.9 Å². The van der Waals surface area contributed by atoms with Crippen LogP contribution in [0.3, 0.4) is 0 Å². The summed E-state index contributed by atoms with van der Waals surface area (Å²) in [6.45, 7) is 9.39. The molecule has 1 N–H and O–H groups in total. The van der Waals surface area contributed by atoms with Crippen molar-refractivity contribution in [3.63, 3.8) is 0 Å². The zero-order valence-electron chi connectivity index (χ0n) is 15.0. The molecule has 1 aromatic rings. The third-order valence-electron chi connectivity index (χ3n) is 4.53. The van der Waals surface area contributed by atoms with E-state index in [0.717, 1.165) is 12.8 Å². The van der Waals surface area contributed by atoms with Crippen molar-refractivity contribution in [2.45, 2.75) is 51.5 Å². The zero-order valence-corrected chi connectivity index (χ0v) is 15.8. The Morgan fingerprint density at radius 2 is 1.67 bits per heavy atom. The Morgan fingerprint density at radius 1 is 1.08 bits per heavy atom. The summed E-state index contributed by atoms with van der Waals surface area (Å²) in [6, 6.07) is 6.40. The first kappa shape index (κ1) is 18.9. The van der Waals surface area contributed by atoms with Crippen molar-refractivity contribution in [3.05, 3.63) is 29.8 Å². The van der Waals surface area contributed by atoms with E-state index in [2.05, 4.69) is 33.0 Å². The number of hydrogen-bond acceptors (Lipinski definition) is 3. The van der Waals surface area contributed by atoms with Crippen LogP contribution in [0.4, 0.5) is 0 Å². The topological polar surface area (TPSA) is 66.5 Å². The van der Waals surface area contributed by atoms with Crippen LogP contribution in [0.2, 0.25) is 0 Å². The Balaban J connectivity index is 2.22.